The zero-order valence-electron chi connectivity index (χ0n) is 15.3. The van der Waals surface area contributed by atoms with Gasteiger partial charge in [0, 0.05) is 16.5 Å². The SMILES string of the molecule is CC(C)(C)C1N(C(C)(C)C)c2ccccc2N1C(C)(C)C. The van der Waals surface area contributed by atoms with Gasteiger partial charge in [-0.2, -0.15) is 0 Å². The summed E-state index contributed by atoms with van der Waals surface area (Å²) in [5, 5.41) is 0. The molecule has 0 bridgehead atoms. The van der Waals surface area contributed by atoms with Gasteiger partial charge in [-0.1, -0.05) is 32.9 Å². The second-order valence-corrected chi connectivity index (χ2v) is 9.31. The topological polar surface area (TPSA) is 6.48 Å². The van der Waals surface area contributed by atoms with Gasteiger partial charge in [-0.25, -0.2) is 0 Å². The molecule has 1 aliphatic rings. The van der Waals surface area contributed by atoms with Crippen molar-refractivity contribution in [2.45, 2.75) is 79.6 Å². The Labute approximate surface area is 131 Å². The molecule has 1 aliphatic heterocycles. The van der Waals surface area contributed by atoms with Gasteiger partial charge in [0.25, 0.3) is 0 Å². The van der Waals surface area contributed by atoms with Crippen molar-refractivity contribution in [1.82, 2.24) is 0 Å². The van der Waals surface area contributed by atoms with Crippen LogP contribution in [0.25, 0.3) is 0 Å². The summed E-state index contributed by atoms with van der Waals surface area (Å²) in [6.45, 7) is 20.9. The van der Waals surface area contributed by atoms with E-state index < -0.39 is 0 Å². The monoisotopic (exact) mass is 288 g/mol. The lowest BCUT2D eigenvalue weighted by atomic mass is 9.86. The maximum atomic E-state index is 2.60. The largest absolute Gasteiger partial charge is 0.344 e. The molecule has 2 nitrogen and oxygen atoms in total. The summed E-state index contributed by atoms with van der Waals surface area (Å²) in [6, 6.07) is 8.85. The summed E-state index contributed by atoms with van der Waals surface area (Å²) in [7, 11) is 0. The van der Waals surface area contributed by atoms with Crippen LogP contribution in [0.4, 0.5) is 11.4 Å². The fourth-order valence-electron chi connectivity index (χ4n) is 3.48. The van der Waals surface area contributed by atoms with Crippen LogP contribution in [-0.4, -0.2) is 17.2 Å². The predicted molar refractivity (Wildman–Crippen MR) is 94.1 cm³/mol. The Kier molecular flexibility index (Phi) is 3.59. The van der Waals surface area contributed by atoms with Gasteiger partial charge in [0.15, 0.2) is 0 Å². The second kappa shape index (κ2) is 4.66. The zero-order chi connectivity index (χ0) is 16.2. The molecule has 0 aliphatic carbocycles. The third kappa shape index (κ3) is 2.77. The van der Waals surface area contributed by atoms with Crippen LogP contribution >= 0.6 is 0 Å². The van der Waals surface area contributed by atoms with Crippen LogP contribution in [0.3, 0.4) is 0 Å². The molecule has 0 amide bonds. The molecule has 0 aromatic heterocycles. The van der Waals surface area contributed by atoms with E-state index in [1.54, 1.807) is 0 Å². The van der Waals surface area contributed by atoms with Gasteiger partial charge in [0.05, 0.1) is 11.4 Å². The lowest BCUT2D eigenvalue weighted by molar-refractivity contribution is 0.241. The highest BCUT2D eigenvalue weighted by Gasteiger charge is 2.49. The highest BCUT2D eigenvalue weighted by atomic mass is 15.5. The van der Waals surface area contributed by atoms with Gasteiger partial charge in [0.2, 0.25) is 0 Å². The van der Waals surface area contributed by atoms with Crippen molar-refractivity contribution < 1.29 is 0 Å². The Balaban J connectivity index is 2.71. The summed E-state index contributed by atoms with van der Waals surface area (Å²) in [4.78, 5) is 5.21. The first-order valence-electron chi connectivity index (χ1n) is 8.03. The molecule has 21 heavy (non-hydrogen) atoms. The molecule has 0 saturated carbocycles. The second-order valence-electron chi connectivity index (χ2n) is 9.31. The van der Waals surface area contributed by atoms with Crippen LogP contribution in [0.15, 0.2) is 24.3 Å². The van der Waals surface area contributed by atoms with E-state index in [1.165, 1.54) is 11.4 Å². The third-order valence-electron chi connectivity index (χ3n) is 4.11. The smallest absolute Gasteiger partial charge is 0.107 e. The molecule has 1 aromatic carbocycles. The van der Waals surface area contributed by atoms with Crippen LogP contribution in [0.2, 0.25) is 0 Å². The number of anilines is 2. The fraction of sp³-hybridized carbons (Fsp3) is 0.684. The van der Waals surface area contributed by atoms with Gasteiger partial charge in [-0.3, -0.25) is 0 Å². The summed E-state index contributed by atoms with van der Waals surface area (Å²) >= 11 is 0. The Hall–Kier alpha value is -1.18. The zero-order valence-corrected chi connectivity index (χ0v) is 15.3. The minimum atomic E-state index is 0.0913. The molecular formula is C19H32N2. The quantitative estimate of drug-likeness (QED) is 0.640. The van der Waals surface area contributed by atoms with Crippen molar-refractivity contribution in [2.75, 3.05) is 9.80 Å². The van der Waals surface area contributed by atoms with E-state index in [0.717, 1.165) is 0 Å². The Morgan fingerprint density at radius 3 is 1.24 bits per heavy atom. The summed E-state index contributed by atoms with van der Waals surface area (Å²) in [6.07, 6.45) is 0.356. The molecule has 0 fully saturated rings. The van der Waals surface area contributed by atoms with Crippen molar-refractivity contribution in [3.63, 3.8) is 0 Å². The van der Waals surface area contributed by atoms with Gasteiger partial charge in [-0.15, -0.1) is 0 Å². The molecule has 0 saturated heterocycles. The molecule has 0 atom stereocenters. The van der Waals surface area contributed by atoms with Crippen molar-refractivity contribution in [2.24, 2.45) is 5.41 Å². The average molecular weight is 288 g/mol. The lowest BCUT2D eigenvalue weighted by Crippen LogP contribution is -2.61. The first-order chi connectivity index (χ1) is 9.35. The molecule has 118 valence electrons. The van der Waals surface area contributed by atoms with Crippen molar-refractivity contribution in [3.05, 3.63) is 24.3 Å². The lowest BCUT2D eigenvalue weighted by Gasteiger charge is -2.51. The number of para-hydroxylation sites is 2. The van der Waals surface area contributed by atoms with E-state index in [-0.39, 0.29) is 16.5 Å². The van der Waals surface area contributed by atoms with Gasteiger partial charge in [0.1, 0.15) is 6.17 Å². The van der Waals surface area contributed by atoms with Crippen molar-refractivity contribution in [3.8, 4) is 0 Å². The van der Waals surface area contributed by atoms with E-state index in [4.69, 9.17) is 0 Å². The standard InChI is InChI=1S/C19H32N2/c1-17(2,3)16-20(18(4,5)6)14-12-10-11-13-15(14)21(16)19(7,8)9/h10-13,16H,1-9H3. The van der Waals surface area contributed by atoms with Crippen LogP contribution in [0, 0.1) is 5.41 Å². The van der Waals surface area contributed by atoms with Gasteiger partial charge in [-0.05, 0) is 53.7 Å². The third-order valence-corrected chi connectivity index (χ3v) is 4.11. The Morgan fingerprint density at radius 1 is 0.667 bits per heavy atom. The van der Waals surface area contributed by atoms with Gasteiger partial charge < -0.3 is 9.80 Å². The van der Waals surface area contributed by atoms with E-state index in [9.17, 15) is 0 Å². The molecule has 0 unspecified atom stereocenters. The number of hydrogen-bond acceptors (Lipinski definition) is 2. The molecule has 0 spiro atoms. The summed E-state index contributed by atoms with van der Waals surface area (Å²) < 4.78 is 0. The van der Waals surface area contributed by atoms with E-state index in [1.807, 2.05) is 0 Å². The fourth-order valence-corrected chi connectivity index (χ4v) is 3.48. The van der Waals surface area contributed by atoms with E-state index in [2.05, 4.69) is 96.4 Å². The number of rotatable bonds is 0. The Morgan fingerprint density at radius 2 is 1.00 bits per heavy atom. The number of benzene rings is 1. The maximum Gasteiger partial charge on any atom is 0.107 e. The minimum Gasteiger partial charge on any atom is -0.344 e. The number of nitrogens with zero attached hydrogens (tertiary/aromatic N) is 2. The molecule has 2 rings (SSSR count). The molecule has 2 heteroatoms. The first-order valence-corrected chi connectivity index (χ1v) is 8.03. The van der Waals surface area contributed by atoms with Crippen LogP contribution in [0.5, 0.6) is 0 Å². The maximum absolute atomic E-state index is 2.60. The summed E-state index contributed by atoms with van der Waals surface area (Å²) in [5.41, 5.74) is 3.07. The predicted octanol–water partition coefficient (Wildman–Crippen LogP) is 5.28. The molecule has 1 heterocycles. The average Bonchev–Trinajstić information content (AvgIpc) is 2.62. The number of fused-ring (bicyclic) bond motifs is 1. The molecule has 0 radical (unpaired) electrons. The van der Waals surface area contributed by atoms with Crippen molar-refractivity contribution in [1.29, 1.82) is 0 Å². The van der Waals surface area contributed by atoms with E-state index in [0.29, 0.717) is 6.17 Å². The van der Waals surface area contributed by atoms with Crippen LogP contribution in [-0.2, 0) is 0 Å². The van der Waals surface area contributed by atoms with Crippen LogP contribution in [0.1, 0.15) is 62.3 Å². The highest BCUT2D eigenvalue weighted by Crippen LogP contribution is 2.50. The summed E-state index contributed by atoms with van der Waals surface area (Å²) in [5.74, 6) is 0. The molecule has 0 N–H and O–H groups in total. The highest BCUT2D eigenvalue weighted by molar-refractivity contribution is 5.79. The van der Waals surface area contributed by atoms with Crippen LogP contribution < -0.4 is 9.80 Å². The molecular weight excluding hydrogens is 256 g/mol. The van der Waals surface area contributed by atoms with Gasteiger partial charge >= 0.3 is 0 Å². The minimum absolute atomic E-state index is 0.0913. The van der Waals surface area contributed by atoms with E-state index >= 15 is 0 Å². The first kappa shape index (κ1) is 16.2. The Bertz CT molecular complexity index is 471. The van der Waals surface area contributed by atoms with Crippen molar-refractivity contribution >= 4 is 11.4 Å². The normalized spacial score (nSPS) is 17.4. The number of hydrogen-bond donors (Lipinski definition) is 0. The molecule has 1 aromatic rings.